The van der Waals surface area contributed by atoms with Gasteiger partial charge in [-0.15, -0.1) is 0 Å². The van der Waals surface area contributed by atoms with Gasteiger partial charge < -0.3 is 20.9 Å². The quantitative estimate of drug-likeness (QED) is 0.363. The highest BCUT2D eigenvalue weighted by molar-refractivity contribution is 7.10. The molecule has 10 heteroatoms. The Morgan fingerprint density at radius 2 is 2.00 bits per heavy atom. The third kappa shape index (κ3) is 4.74. The van der Waals surface area contributed by atoms with Crippen LogP contribution in [0, 0.1) is 13.8 Å². The first kappa shape index (κ1) is 23.0. The normalized spacial score (nSPS) is 18.0. The van der Waals surface area contributed by atoms with E-state index in [1.54, 1.807) is 6.20 Å². The van der Waals surface area contributed by atoms with Crippen LogP contribution in [0.15, 0.2) is 42.7 Å². The van der Waals surface area contributed by atoms with Crippen LogP contribution in [0.2, 0.25) is 0 Å². The predicted octanol–water partition coefficient (Wildman–Crippen LogP) is 4.56. The Kier molecular flexibility index (Phi) is 6.21. The molecule has 4 aromatic rings. The summed E-state index contributed by atoms with van der Waals surface area (Å²) in [6.45, 7) is 7.01. The molecule has 0 radical (unpaired) electrons. The molecule has 1 saturated heterocycles. The second-order valence-electron chi connectivity index (χ2n) is 8.98. The van der Waals surface area contributed by atoms with Crippen molar-refractivity contribution >= 4 is 34.1 Å². The van der Waals surface area contributed by atoms with Crippen molar-refractivity contribution in [2.75, 3.05) is 16.8 Å². The molecule has 5 rings (SSSR count). The van der Waals surface area contributed by atoms with E-state index >= 15 is 0 Å². The van der Waals surface area contributed by atoms with Crippen LogP contribution in [0.1, 0.15) is 53.3 Å². The number of imidazole rings is 1. The predicted molar refractivity (Wildman–Crippen MR) is 138 cm³/mol. The number of hydrogen-bond donors (Lipinski definition) is 3. The largest absolute Gasteiger partial charge is 0.364 e. The van der Waals surface area contributed by atoms with Crippen LogP contribution in [0.25, 0.3) is 11.3 Å². The lowest BCUT2D eigenvalue weighted by Crippen LogP contribution is -2.43. The van der Waals surface area contributed by atoms with Gasteiger partial charge in [0.2, 0.25) is 0 Å². The summed E-state index contributed by atoms with van der Waals surface area (Å²) < 4.78 is 4.28. The number of aromatic nitrogens is 5. The third-order valence-corrected chi connectivity index (χ3v) is 7.25. The minimum Gasteiger partial charge on any atom is -0.364 e. The molecule has 4 heterocycles. The number of H-pyrrole nitrogens is 1. The Morgan fingerprint density at radius 3 is 2.71 bits per heavy atom. The van der Waals surface area contributed by atoms with E-state index in [1.165, 1.54) is 17.1 Å². The lowest BCUT2D eigenvalue weighted by Gasteiger charge is -2.39. The van der Waals surface area contributed by atoms with E-state index in [0.717, 1.165) is 47.2 Å². The van der Waals surface area contributed by atoms with Gasteiger partial charge in [-0.05, 0) is 56.8 Å². The van der Waals surface area contributed by atoms with Crippen molar-refractivity contribution in [3.63, 3.8) is 0 Å². The summed E-state index contributed by atoms with van der Waals surface area (Å²) in [4.78, 5) is 31.6. The zero-order valence-corrected chi connectivity index (χ0v) is 20.8. The molecule has 1 aliphatic rings. The van der Waals surface area contributed by atoms with E-state index in [9.17, 15) is 4.79 Å². The van der Waals surface area contributed by atoms with Crippen LogP contribution in [0.4, 0.5) is 16.6 Å². The Morgan fingerprint density at radius 1 is 1.20 bits per heavy atom. The van der Waals surface area contributed by atoms with Crippen LogP contribution in [-0.2, 0) is 0 Å². The van der Waals surface area contributed by atoms with E-state index in [4.69, 9.17) is 15.7 Å². The Labute approximate surface area is 208 Å². The number of hydrogen-bond acceptors (Lipinski definition) is 8. The van der Waals surface area contributed by atoms with E-state index < -0.39 is 5.91 Å². The fourth-order valence-electron chi connectivity index (χ4n) is 4.56. The second kappa shape index (κ2) is 9.46. The first-order chi connectivity index (χ1) is 16.9. The number of aromatic amines is 1. The lowest BCUT2D eigenvalue weighted by molar-refractivity contribution is 0.0996. The highest BCUT2D eigenvalue weighted by Crippen LogP contribution is 2.35. The average molecular weight is 489 g/mol. The molecule has 2 atom stereocenters. The number of benzene rings is 1. The summed E-state index contributed by atoms with van der Waals surface area (Å²) in [5.74, 6) is 1.59. The van der Waals surface area contributed by atoms with Gasteiger partial charge in [0.15, 0.2) is 11.5 Å². The SMILES string of the molecule is Cc1ccc(-c2cnc([C@@H]3CCCN(c4cnc(C(N)=O)c(Nc5cc(C)ns5)n4)[C@@H]3C)[nH]2)cc1. The molecule has 0 unspecified atom stereocenters. The van der Waals surface area contributed by atoms with Gasteiger partial charge in [-0.3, -0.25) is 4.79 Å². The fraction of sp³-hybridized carbons (Fsp3) is 0.320. The van der Waals surface area contributed by atoms with Crippen molar-refractivity contribution < 1.29 is 4.79 Å². The number of nitrogens with zero attached hydrogens (tertiary/aromatic N) is 5. The van der Waals surface area contributed by atoms with E-state index in [2.05, 4.69) is 62.7 Å². The van der Waals surface area contributed by atoms with E-state index in [1.807, 2.05) is 19.2 Å². The van der Waals surface area contributed by atoms with Crippen molar-refractivity contribution in [2.45, 2.75) is 45.6 Å². The molecule has 0 spiro atoms. The maximum Gasteiger partial charge on any atom is 0.271 e. The Hall–Kier alpha value is -3.79. The third-order valence-electron chi connectivity index (χ3n) is 6.45. The molecule has 3 aromatic heterocycles. The monoisotopic (exact) mass is 488 g/mol. The Bertz CT molecular complexity index is 1350. The van der Waals surface area contributed by atoms with Crippen LogP contribution in [0.3, 0.4) is 0 Å². The number of amides is 1. The van der Waals surface area contributed by atoms with Crippen LogP contribution in [0.5, 0.6) is 0 Å². The molecular formula is C25H28N8OS. The summed E-state index contributed by atoms with van der Waals surface area (Å²) in [5, 5.41) is 3.95. The number of piperidine rings is 1. The highest BCUT2D eigenvalue weighted by Gasteiger charge is 2.32. The fourth-order valence-corrected chi connectivity index (χ4v) is 5.22. The molecule has 9 nitrogen and oxygen atoms in total. The van der Waals surface area contributed by atoms with Gasteiger partial charge in [0, 0.05) is 18.5 Å². The van der Waals surface area contributed by atoms with E-state index in [-0.39, 0.29) is 17.7 Å². The van der Waals surface area contributed by atoms with Gasteiger partial charge in [-0.2, -0.15) is 4.37 Å². The number of primary amides is 1. The first-order valence-electron chi connectivity index (χ1n) is 11.6. The standard InChI is InChI=1S/C25H28N8OS/c1-14-6-8-17(9-7-14)19-12-28-24(29-19)18-5-4-10-33(16(18)3)20-13-27-22(23(26)34)25(30-20)31-21-11-15(2)32-35-21/h6-9,11-13,16,18H,4-5,10H2,1-3H3,(H2,26,34)(H,28,29)(H,30,31)/t16-,18-/m1/s1. The topological polar surface area (TPSA) is 126 Å². The number of aryl methyl sites for hydroxylation is 2. The molecule has 0 aliphatic carbocycles. The zero-order chi connectivity index (χ0) is 24.5. The van der Waals surface area contributed by atoms with Crippen molar-refractivity contribution in [3.05, 3.63) is 65.5 Å². The molecule has 35 heavy (non-hydrogen) atoms. The van der Waals surface area contributed by atoms with Gasteiger partial charge in [-0.25, -0.2) is 15.0 Å². The van der Waals surface area contributed by atoms with Crippen LogP contribution < -0.4 is 16.0 Å². The molecule has 180 valence electrons. The lowest BCUT2D eigenvalue weighted by atomic mass is 9.89. The minimum absolute atomic E-state index is 0.106. The molecule has 1 aliphatic heterocycles. The van der Waals surface area contributed by atoms with Crippen molar-refractivity contribution in [1.29, 1.82) is 0 Å². The summed E-state index contributed by atoms with van der Waals surface area (Å²) in [6.07, 6.45) is 5.55. The molecule has 0 bridgehead atoms. The number of rotatable bonds is 6. The maximum atomic E-state index is 12.0. The van der Waals surface area contributed by atoms with Crippen LogP contribution >= 0.6 is 11.5 Å². The number of anilines is 3. The summed E-state index contributed by atoms with van der Waals surface area (Å²) in [6, 6.07) is 10.5. The van der Waals surface area contributed by atoms with E-state index in [0.29, 0.717) is 11.6 Å². The van der Waals surface area contributed by atoms with Crippen LogP contribution in [-0.4, -0.2) is 42.8 Å². The summed E-state index contributed by atoms with van der Waals surface area (Å²) in [5.41, 5.74) is 9.93. The second-order valence-corrected chi connectivity index (χ2v) is 9.78. The number of nitrogens with one attached hydrogen (secondary N) is 2. The highest BCUT2D eigenvalue weighted by atomic mass is 32.1. The Balaban J connectivity index is 1.41. The number of carbonyl (C=O) groups is 1. The molecule has 0 saturated carbocycles. The molecular weight excluding hydrogens is 460 g/mol. The summed E-state index contributed by atoms with van der Waals surface area (Å²) >= 11 is 1.30. The first-order valence-corrected chi connectivity index (χ1v) is 12.4. The van der Waals surface area contributed by atoms with Gasteiger partial charge in [0.05, 0.1) is 23.8 Å². The molecule has 1 fully saturated rings. The van der Waals surface area contributed by atoms with Crippen molar-refractivity contribution in [1.82, 2.24) is 24.3 Å². The number of carbonyl (C=O) groups excluding carboxylic acids is 1. The minimum atomic E-state index is -0.628. The molecule has 4 N–H and O–H groups in total. The van der Waals surface area contributed by atoms with Gasteiger partial charge in [-0.1, -0.05) is 29.8 Å². The maximum absolute atomic E-state index is 12.0. The van der Waals surface area contributed by atoms with Crippen molar-refractivity contribution in [3.8, 4) is 11.3 Å². The summed E-state index contributed by atoms with van der Waals surface area (Å²) in [7, 11) is 0. The molecule has 1 aromatic carbocycles. The van der Waals surface area contributed by atoms with Gasteiger partial charge in [0.25, 0.3) is 5.91 Å². The molecule has 1 amide bonds. The van der Waals surface area contributed by atoms with Gasteiger partial charge >= 0.3 is 0 Å². The smallest absolute Gasteiger partial charge is 0.271 e. The zero-order valence-electron chi connectivity index (χ0n) is 19.9. The average Bonchev–Trinajstić information content (AvgIpc) is 3.49. The van der Waals surface area contributed by atoms with Gasteiger partial charge in [0.1, 0.15) is 16.6 Å². The van der Waals surface area contributed by atoms with Crippen molar-refractivity contribution in [2.24, 2.45) is 5.73 Å². The number of nitrogens with two attached hydrogens (primary N) is 1.